The van der Waals surface area contributed by atoms with E-state index in [2.05, 4.69) is 20.8 Å². The van der Waals surface area contributed by atoms with Crippen molar-refractivity contribution in [1.82, 2.24) is 0 Å². The van der Waals surface area contributed by atoms with E-state index in [1.165, 1.54) is 12.5 Å². The molecule has 0 aliphatic heterocycles. The number of hydrogen-bond donors (Lipinski definition) is 0. The van der Waals surface area contributed by atoms with Gasteiger partial charge in [0.05, 0.1) is 0 Å². The maximum absolute atomic E-state index is 2.31. The predicted molar refractivity (Wildman–Crippen MR) is 43.3 cm³/mol. The van der Waals surface area contributed by atoms with Gasteiger partial charge in [-0.25, -0.2) is 0 Å². The minimum absolute atomic E-state index is 0.379. The Morgan fingerprint density at radius 1 is 1.38 bits per heavy atom. The van der Waals surface area contributed by atoms with Crippen LogP contribution in [0.2, 0.25) is 12.1 Å². The molecule has 0 saturated heterocycles. The Morgan fingerprint density at radius 3 is 2.38 bits per heavy atom. The summed E-state index contributed by atoms with van der Waals surface area (Å²) in [5.41, 5.74) is 0. The van der Waals surface area contributed by atoms with E-state index in [0.29, 0.717) is 9.52 Å². The topological polar surface area (TPSA) is 0 Å². The molecule has 0 unspecified atom stereocenters. The van der Waals surface area contributed by atoms with E-state index in [1.807, 2.05) is 0 Å². The SMILES string of the molecule is CC[SiH2]CCC(C)C. The average molecular weight is 130 g/mol. The number of hydrogen-bond acceptors (Lipinski definition) is 0. The fourth-order valence-electron chi connectivity index (χ4n) is 0.803. The molecular formula is C7H18Si. The van der Waals surface area contributed by atoms with Gasteiger partial charge >= 0.3 is 0 Å². The molecule has 0 atom stereocenters. The van der Waals surface area contributed by atoms with Crippen LogP contribution in [0.1, 0.15) is 27.2 Å². The van der Waals surface area contributed by atoms with Gasteiger partial charge in [-0.2, -0.15) is 0 Å². The molecule has 0 spiro atoms. The third-order valence-electron chi connectivity index (χ3n) is 1.39. The Balaban J connectivity index is 2.72. The van der Waals surface area contributed by atoms with Crippen LogP contribution in [0, 0.1) is 5.92 Å². The maximum Gasteiger partial charge on any atom is 0.0195 e. The van der Waals surface area contributed by atoms with Gasteiger partial charge in [0.2, 0.25) is 0 Å². The molecule has 0 rings (SSSR count). The fraction of sp³-hybridized carbons (Fsp3) is 1.00. The van der Waals surface area contributed by atoms with E-state index < -0.39 is 0 Å². The molecule has 0 aliphatic carbocycles. The van der Waals surface area contributed by atoms with Gasteiger partial charge in [0, 0.05) is 9.52 Å². The van der Waals surface area contributed by atoms with Gasteiger partial charge in [-0.1, -0.05) is 39.3 Å². The first-order valence-corrected chi connectivity index (χ1v) is 5.77. The first-order valence-electron chi connectivity index (χ1n) is 3.77. The molecule has 0 amide bonds. The van der Waals surface area contributed by atoms with Gasteiger partial charge < -0.3 is 0 Å². The molecular weight excluding hydrogens is 112 g/mol. The van der Waals surface area contributed by atoms with Crippen LogP contribution in [0.4, 0.5) is 0 Å². The van der Waals surface area contributed by atoms with Crippen molar-refractivity contribution in [2.24, 2.45) is 5.92 Å². The van der Waals surface area contributed by atoms with E-state index >= 15 is 0 Å². The van der Waals surface area contributed by atoms with E-state index in [0.717, 1.165) is 5.92 Å². The van der Waals surface area contributed by atoms with Crippen LogP contribution in [0.3, 0.4) is 0 Å². The second-order valence-electron chi connectivity index (χ2n) is 2.89. The van der Waals surface area contributed by atoms with Crippen molar-refractivity contribution >= 4 is 9.52 Å². The second-order valence-corrected chi connectivity index (χ2v) is 5.30. The summed E-state index contributed by atoms with van der Waals surface area (Å²) < 4.78 is 0. The van der Waals surface area contributed by atoms with Gasteiger partial charge in [-0.05, 0) is 5.92 Å². The summed E-state index contributed by atoms with van der Waals surface area (Å²) in [6.45, 7) is 6.93. The molecule has 0 aromatic heterocycles. The monoisotopic (exact) mass is 130 g/mol. The largest absolute Gasteiger partial charge is 0.0683 e. The molecule has 0 saturated carbocycles. The highest BCUT2D eigenvalue weighted by atomic mass is 28.2. The van der Waals surface area contributed by atoms with Crippen LogP contribution in [-0.2, 0) is 0 Å². The van der Waals surface area contributed by atoms with Crippen LogP contribution < -0.4 is 0 Å². The van der Waals surface area contributed by atoms with Crippen LogP contribution in [0.5, 0.6) is 0 Å². The van der Waals surface area contributed by atoms with Gasteiger partial charge in [-0.15, -0.1) is 0 Å². The third kappa shape index (κ3) is 6.22. The average Bonchev–Trinajstić information content (AvgIpc) is 1.66. The van der Waals surface area contributed by atoms with E-state index in [4.69, 9.17) is 0 Å². The number of rotatable bonds is 4. The highest BCUT2D eigenvalue weighted by molar-refractivity contribution is 6.35. The maximum atomic E-state index is 2.31. The van der Waals surface area contributed by atoms with E-state index in [-0.39, 0.29) is 0 Å². The zero-order valence-electron chi connectivity index (χ0n) is 6.41. The Morgan fingerprint density at radius 2 is 2.00 bits per heavy atom. The molecule has 0 nitrogen and oxygen atoms in total. The summed E-state index contributed by atoms with van der Waals surface area (Å²) in [5, 5.41) is 0. The minimum Gasteiger partial charge on any atom is -0.0683 e. The Bertz CT molecular complexity index is 41.7. The molecule has 0 fully saturated rings. The van der Waals surface area contributed by atoms with Gasteiger partial charge in [0.25, 0.3) is 0 Å². The zero-order valence-corrected chi connectivity index (χ0v) is 7.82. The van der Waals surface area contributed by atoms with Gasteiger partial charge in [0.15, 0.2) is 0 Å². The smallest absolute Gasteiger partial charge is 0.0195 e. The molecule has 0 radical (unpaired) electrons. The van der Waals surface area contributed by atoms with Crippen molar-refractivity contribution in [1.29, 1.82) is 0 Å². The molecule has 0 aromatic carbocycles. The Kier molecular flexibility index (Phi) is 5.50. The summed E-state index contributed by atoms with van der Waals surface area (Å²) in [5.74, 6) is 0.939. The lowest BCUT2D eigenvalue weighted by Crippen LogP contribution is -1.90. The van der Waals surface area contributed by atoms with Crippen molar-refractivity contribution in [2.45, 2.75) is 39.3 Å². The van der Waals surface area contributed by atoms with E-state index in [1.54, 1.807) is 6.04 Å². The van der Waals surface area contributed by atoms with Gasteiger partial charge in [-0.3, -0.25) is 0 Å². The lowest BCUT2D eigenvalue weighted by molar-refractivity contribution is 0.624. The minimum atomic E-state index is 0.379. The molecule has 0 aromatic rings. The molecule has 0 heterocycles. The van der Waals surface area contributed by atoms with Gasteiger partial charge in [0.1, 0.15) is 0 Å². The van der Waals surface area contributed by atoms with Crippen molar-refractivity contribution in [3.05, 3.63) is 0 Å². The quantitative estimate of drug-likeness (QED) is 0.404. The van der Waals surface area contributed by atoms with Crippen LogP contribution >= 0.6 is 0 Å². The van der Waals surface area contributed by atoms with Crippen LogP contribution in [0.25, 0.3) is 0 Å². The normalized spacial score (nSPS) is 12.0. The first kappa shape index (κ1) is 8.22. The summed E-state index contributed by atoms with van der Waals surface area (Å²) in [6.07, 6.45) is 1.47. The Hall–Kier alpha value is 0.217. The predicted octanol–water partition coefficient (Wildman–Crippen LogP) is 2.06. The third-order valence-corrected chi connectivity index (χ3v) is 3.00. The summed E-state index contributed by atoms with van der Waals surface area (Å²) in [6, 6.07) is 3.06. The second kappa shape index (κ2) is 5.36. The first-order chi connectivity index (χ1) is 3.77. The summed E-state index contributed by atoms with van der Waals surface area (Å²) in [7, 11) is 0.379. The molecule has 50 valence electrons. The molecule has 8 heavy (non-hydrogen) atoms. The molecule has 0 aliphatic rings. The lowest BCUT2D eigenvalue weighted by atomic mass is 10.2. The van der Waals surface area contributed by atoms with Crippen molar-refractivity contribution < 1.29 is 0 Å². The highest BCUT2D eigenvalue weighted by Gasteiger charge is 1.91. The zero-order chi connectivity index (χ0) is 6.41. The van der Waals surface area contributed by atoms with Crippen LogP contribution in [-0.4, -0.2) is 9.52 Å². The molecule has 1 heteroatoms. The lowest BCUT2D eigenvalue weighted by Gasteiger charge is -2.00. The molecule has 0 N–H and O–H groups in total. The van der Waals surface area contributed by atoms with Crippen LogP contribution in [0.15, 0.2) is 0 Å². The standard InChI is InChI=1S/C7H18Si/c1-4-8-6-5-7(2)3/h7H,4-6,8H2,1-3H3. The van der Waals surface area contributed by atoms with Crippen molar-refractivity contribution in [3.63, 3.8) is 0 Å². The van der Waals surface area contributed by atoms with Crippen molar-refractivity contribution in [3.8, 4) is 0 Å². The Labute approximate surface area is 55.5 Å². The van der Waals surface area contributed by atoms with E-state index in [9.17, 15) is 0 Å². The highest BCUT2D eigenvalue weighted by Crippen LogP contribution is 2.03. The van der Waals surface area contributed by atoms with Crippen molar-refractivity contribution in [2.75, 3.05) is 0 Å². The molecule has 0 bridgehead atoms. The summed E-state index contributed by atoms with van der Waals surface area (Å²) in [4.78, 5) is 0. The fourth-order valence-corrected chi connectivity index (χ4v) is 2.41. The summed E-state index contributed by atoms with van der Waals surface area (Å²) >= 11 is 0.